The van der Waals surface area contributed by atoms with E-state index in [1.54, 1.807) is 23.9 Å². The number of nitrogens with one attached hydrogen (secondary N) is 1. The molecule has 0 aliphatic carbocycles. The largest absolute Gasteiger partial charge is 0.451 e. The first-order valence-corrected chi connectivity index (χ1v) is 9.88. The third-order valence-electron chi connectivity index (χ3n) is 5.07. The van der Waals surface area contributed by atoms with Gasteiger partial charge in [0, 0.05) is 20.2 Å². The van der Waals surface area contributed by atoms with Gasteiger partial charge in [-0.05, 0) is 36.1 Å². The zero-order valence-corrected chi connectivity index (χ0v) is 17.3. The SMILES string of the molecule is CN(C)c1nc(C(=O)OCC(=O)N2c3ccccc3CCc3ccccc32)cc(=O)[nH]1. The van der Waals surface area contributed by atoms with Crippen molar-refractivity contribution < 1.29 is 14.3 Å². The number of hydrogen-bond donors (Lipinski definition) is 1. The summed E-state index contributed by atoms with van der Waals surface area (Å²) >= 11 is 0. The van der Waals surface area contributed by atoms with E-state index in [-0.39, 0.29) is 17.5 Å². The molecule has 8 heteroatoms. The van der Waals surface area contributed by atoms with Gasteiger partial charge in [-0.25, -0.2) is 9.78 Å². The number of ether oxygens (including phenoxy) is 1. The molecule has 0 bridgehead atoms. The smallest absolute Gasteiger partial charge is 0.357 e. The Bertz CT molecular complexity index is 1150. The number of anilines is 3. The standard InChI is InChI=1S/C23H22N4O4/c1-26(2)23-24-17(13-20(28)25-23)22(30)31-14-21(29)27-18-9-5-3-7-15(18)11-12-16-8-4-6-10-19(16)27/h3-10,13H,11-12,14H2,1-2H3,(H,24,25,28). The summed E-state index contributed by atoms with van der Waals surface area (Å²) in [6, 6.07) is 16.5. The van der Waals surface area contributed by atoms with Gasteiger partial charge in [-0.1, -0.05) is 36.4 Å². The van der Waals surface area contributed by atoms with Gasteiger partial charge in [-0.15, -0.1) is 0 Å². The summed E-state index contributed by atoms with van der Waals surface area (Å²) in [7, 11) is 3.37. The monoisotopic (exact) mass is 418 g/mol. The van der Waals surface area contributed by atoms with Crippen molar-refractivity contribution in [3.63, 3.8) is 0 Å². The number of carbonyl (C=O) groups is 2. The molecule has 1 N–H and O–H groups in total. The summed E-state index contributed by atoms with van der Waals surface area (Å²) in [4.78, 5) is 47.3. The molecule has 0 saturated carbocycles. The van der Waals surface area contributed by atoms with E-state index in [2.05, 4.69) is 9.97 Å². The molecule has 2 aromatic carbocycles. The zero-order valence-electron chi connectivity index (χ0n) is 17.3. The molecule has 0 atom stereocenters. The van der Waals surface area contributed by atoms with Crippen molar-refractivity contribution in [2.45, 2.75) is 12.8 Å². The van der Waals surface area contributed by atoms with Crippen molar-refractivity contribution in [3.8, 4) is 0 Å². The molecular formula is C23H22N4O4. The van der Waals surface area contributed by atoms with Crippen LogP contribution in [-0.2, 0) is 22.4 Å². The van der Waals surface area contributed by atoms with Crippen molar-refractivity contribution in [1.82, 2.24) is 9.97 Å². The maximum Gasteiger partial charge on any atom is 0.357 e. The second-order valence-corrected chi connectivity index (χ2v) is 7.41. The van der Waals surface area contributed by atoms with Gasteiger partial charge in [0.05, 0.1) is 11.4 Å². The molecule has 1 aliphatic rings. The molecule has 8 nitrogen and oxygen atoms in total. The van der Waals surface area contributed by atoms with Gasteiger partial charge >= 0.3 is 5.97 Å². The van der Waals surface area contributed by atoms with Crippen LogP contribution in [0.5, 0.6) is 0 Å². The Labute approximate surface area is 179 Å². The van der Waals surface area contributed by atoms with E-state index < -0.39 is 18.1 Å². The minimum absolute atomic E-state index is 0.156. The van der Waals surface area contributed by atoms with Crippen LogP contribution in [0.4, 0.5) is 17.3 Å². The average Bonchev–Trinajstić information content (AvgIpc) is 2.93. The molecule has 158 valence electrons. The molecule has 2 heterocycles. The predicted octanol–water partition coefficient (Wildman–Crippen LogP) is 2.46. The molecule has 0 saturated heterocycles. The van der Waals surface area contributed by atoms with Crippen molar-refractivity contribution in [2.75, 3.05) is 30.5 Å². The number of esters is 1. The zero-order chi connectivity index (χ0) is 22.0. The van der Waals surface area contributed by atoms with Gasteiger partial charge in [0.25, 0.3) is 11.5 Å². The van der Waals surface area contributed by atoms with Crippen LogP contribution in [-0.4, -0.2) is 42.5 Å². The minimum atomic E-state index is -0.834. The molecule has 1 aliphatic heterocycles. The Hall–Kier alpha value is -3.94. The normalized spacial score (nSPS) is 12.4. The van der Waals surface area contributed by atoms with Crippen LogP contribution < -0.4 is 15.4 Å². The quantitative estimate of drug-likeness (QED) is 0.654. The highest BCUT2D eigenvalue weighted by molar-refractivity contribution is 6.04. The van der Waals surface area contributed by atoms with Gasteiger partial charge in [0.15, 0.2) is 12.3 Å². The second-order valence-electron chi connectivity index (χ2n) is 7.41. The maximum atomic E-state index is 13.2. The number of aryl methyl sites for hydroxylation is 2. The van der Waals surface area contributed by atoms with Crippen LogP contribution in [0.1, 0.15) is 21.6 Å². The van der Waals surface area contributed by atoms with E-state index in [1.807, 2.05) is 48.5 Å². The Balaban J connectivity index is 1.59. The van der Waals surface area contributed by atoms with Crippen LogP contribution in [0.15, 0.2) is 59.4 Å². The number of para-hydroxylation sites is 2. The van der Waals surface area contributed by atoms with Crippen molar-refractivity contribution in [3.05, 3.63) is 81.8 Å². The third kappa shape index (κ3) is 4.18. The van der Waals surface area contributed by atoms with Crippen LogP contribution in [0.3, 0.4) is 0 Å². The van der Waals surface area contributed by atoms with Gasteiger partial charge in [0.1, 0.15) is 0 Å². The van der Waals surface area contributed by atoms with Crippen LogP contribution >= 0.6 is 0 Å². The summed E-state index contributed by atoms with van der Waals surface area (Å²) in [5.41, 5.74) is 3.01. The third-order valence-corrected chi connectivity index (χ3v) is 5.07. The van der Waals surface area contributed by atoms with E-state index in [4.69, 9.17) is 4.74 Å². The number of nitrogens with zero attached hydrogens (tertiary/aromatic N) is 3. The van der Waals surface area contributed by atoms with Gasteiger partial charge < -0.3 is 9.64 Å². The van der Waals surface area contributed by atoms with Gasteiger partial charge in [-0.3, -0.25) is 19.5 Å². The van der Waals surface area contributed by atoms with Crippen molar-refractivity contribution in [1.29, 1.82) is 0 Å². The fourth-order valence-corrected chi connectivity index (χ4v) is 3.58. The highest BCUT2D eigenvalue weighted by atomic mass is 16.5. The second kappa shape index (κ2) is 8.43. The first-order chi connectivity index (χ1) is 14.9. The number of hydrogen-bond acceptors (Lipinski definition) is 6. The van der Waals surface area contributed by atoms with E-state index in [0.717, 1.165) is 41.4 Å². The molecule has 0 spiro atoms. The van der Waals surface area contributed by atoms with Gasteiger partial charge in [-0.2, -0.15) is 0 Å². The predicted molar refractivity (Wildman–Crippen MR) is 117 cm³/mol. The molecule has 1 aromatic heterocycles. The number of carbonyl (C=O) groups excluding carboxylic acids is 2. The molecule has 4 rings (SSSR count). The van der Waals surface area contributed by atoms with Crippen LogP contribution in [0, 0.1) is 0 Å². The molecule has 31 heavy (non-hydrogen) atoms. The number of aromatic amines is 1. The minimum Gasteiger partial charge on any atom is -0.451 e. The summed E-state index contributed by atoms with van der Waals surface area (Å²) in [5.74, 6) is -0.993. The Morgan fingerprint density at radius 1 is 1.03 bits per heavy atom. The summed E-state index contributed by atoms with van der Waals surface area (Å²) < 4.78 is 5.24. The lowest BCUT2D eigenvalue weighted by Gasteiger charge is -2.24. The van der Waals surface area contributed by atoms with E-state index in [9.17, 15) is 14.4 Å². The Morgan fingerprint density at radius 2 is 1.61 bits per heavy atom. The van der Waals surface area contributed by atoms with E-state index >= 15 is 0 Å². The first-order valence-electron chi connectivity index (χ1n) is 9.88. The fraction of sp³-hybridized carbons (Fsp3) is 0.217. The lowest BCUT2D eigenvalue weighted by molar-refractivity contribution is -0.121. The number of fused-ring (bicyclic) bond motifs is 2. The first kappa shape index (κ1) is 20.3. The van der Waals surface area contributed by atoms with Gasteiger partial charge in [0.2, 0.25) is 5.95 Å². The molecule has 0 radical (unpaired) electrons. The highest BCUT2D eigenvalue weighted by Gasteiger charge is 2.26. The average molecular weight is 418 g/mol. The molecule has 1 amide bonds. The van der Waals surface area contributed by atoms with Crippen molar-refractivity contribution >= 4 is 29.2 Å². The van der Waals surface area contributed by atoms with Crippen molar-refractivity contribution in [2.24, 2.45) is 0 Å². The number of amides is 1. The van der Waals surface area contributed by atoms with Crippen LogP contribution in [0.2, 0.25) is 0 Å². The molecule has 3 aromatic rings. The van der Waals surface area contributed by atoms with E-state index in [0.29, 0.717) is 0 Å². The van der Waals surface area contributed by atoms with Crippen LogP contribution in [0.25, 0.3) is 0 Å². The lowest BCUT2D eigenvalue weighted by atomic mass is 10.0. The molecule has 0 unspecified atom stereocenters. The fourth-order valence-electron chi connectivity index (χ4n) is 3.58. The number of rotatable bonds is 4. The summed E-state index contributed by atoms with van der Waals surface area (Å²) in [5, 5.41) is 0. The number of benzene rings is 2. The Morgan fingerprint density at radius 3 is 2.19 bits per heavy atom. The highest BCUT2D eigenvalue weighted by Crippen LogP contribution is 2.35. The van der Waals surface area contributed by atoms with E-state index in [1.165, 1.54) is 0 Å². The molecule has 0 fully saturated rings. The molecular weight excluding hydrogens is 396 g/mol. The Kier molecular flexibility index (Phi) is 5.53. The number of aromatic nitrogens is 2. The lowest BCUT2D eigenvalue weighted by Crippen LogP contribution is -2.32. The topological polar surface area (TPSA) is 95.6 Å². The summed E-state index contributed by atoms with van der Waals surface area (Å²) in [6.07, 6.45) is 1.61. The number of H-pyrrole nitrogens is 1. The summed E-state index contributed by atoms with van der Waals surface area (Å²) in [6.45, 7) is -0.479. The maximum absolute atomic E-state index is 13.2.